The van der Waals surface area contributed by atoms with Crippen LogP contribution in [0.3, 0.4) is 0 Å². The number of nitrogens with zero attached hydrogens (tertiary/aromatic N) is 1. The number of halogens is 2. The fourth-order valence-corrected chi connectivity index (χ4v) is 1.69. The first kappa shape index (κ1) is 12.1. The molecule has 0 aliphatic carbocycles. The Morgan fingerprint density at radius 3 is 3.00 bits per heavy atom. The summed E-state index contributed by atoms with van der Waals surface area (Å²) in [7, 11) is 0. The maximum absolute atomic E-state index is 13.2. The molecular weight excluding hydrogens is 263 g/mol. The number of aromatic nitrogens is 1. The molecule has 1 aromatic heterocycles. The SMILES string of the molecule is CCC(CBr)NC(=O)c1ccncc1F. The molecule has 1 amide bonds. The van der Waals surface area contributed by atoms with Crippen molar-refractivity contribution in [3.05, 3.63) is 29.8 Å². The minimum atomic E-state index is -0.598. The van der Waals surface area contributed by atoms with Crippen molar-refractivity contribution in [3.63, 3.8) is 0 Å². The van der Waals surface area contributed by atoms with Crippen molar-refractivity contribution in [1.29, 1.82) is 0 Å². The van der Waals surface area contributed by atoms with E-state index < -0.39 is 11.7 Å². The van der Waals surface area contributed by atoms with Crippen molar-refractivity contribution in [2.45, 2.75) is 19.4 Å². The molecule has 1 rings (SSSR count). The van der Waals surface area contributed by atoms with E-state index in [-0.39, 0.29) is 11.6 Å². The van der Waals surface area contributed by atoms with Gasteiger partial charge in [-0.3, -0.25) is 9.78 Å². The Hall–Kier alpha value is -0.970. The maximum Gasteiger partial charge on any atom is 0.254 e. The Labute approximate surface area is 96.2 Å². The normalized spacial score (nSPS) is 12.2. The summed E-state index contributed by atoms with van der Waals surface area (Å²) in [5.41, 5.74) is 0.0319. The second-order valence-electron chi connectivity index (χ2n) is 3.09. The molecule has 0 spiro atoms. The highest BCUT2D eigenvalue weighted by Gasteiger charge is 2.14. The number of carbonyl (C=O) groups is 1. The van der Waals surface area contributed by atoms with Crippen LogP contribution in [-0.2, 0) is 0 Å². The molecule has 0 aromatic carbocycles. The molecule has 0 saturated heterocycles. The second kappa shape index (κ2) is 5.80. The van der Waals surface area contributed by atoms with Crippen molar-refractivity contribution in [1.82, 2.24) is 10.3 Å². The summed E-state index contributed by atoms with van der Waals surface area (Å²) in [6, 6.07) is 1.39. The van der Waals surface area contributed by atoms with E-state index in [4.69, 9.17) is 0 Å². The fraction of sp³-hybridized carbons (Fsp3) is 0.400. The fourth-order valence-electron chi connectivity index (χ4n) is 1.07. The third-order valence-electron chi connectivity index (χ3n) is 2.03. The average Bonchev–Trinajstić information content (AvgIpc) is 2.26. The van der Waals surface area contributed by atoms with E-state index in [1.807, 2.05) is 6.92 Å². The Balaban J connectivity index is 2.73. The lowest BCUT2D eigenvalue weighted by Gasteiger charge is -2.13. The standard InChI is InChI=1S/C10H12BrFN2O/c1-2-7(5-11)14-10(15)8-3-4-13-6-9(8)12/h3-4,6-7H,2,5H2,1H3,(H,14,15). The van der Waals surface area contributed by atoms with E-state index in [0.717, 1.165) is 12.6 Å². The second-order valence-corrected chi connectivity index (χ2v) is 3.74. The van der Waals surface area contributed by atoms with E-state index in [0.29, 0.717) is 5.33 Å². The summed E-state index contributed by atoms with van der Waals surface area (Å²) in [4.78, 5) is 15.2. The van der Waals surface area contributed by atoms with E-state index in [1.54, 1.807) is 0 Å². The summed E-state index contributed by atoms with van der Waals surface area (Å²) in [5.74, 6) is -0.999. The van der Waals surface area contributed by atoms with Gasteiger partial charge in [0.25, 0.3) is 5.91 Å². The van der Waals surface area contributed by atoms with Crippen LogP contribution in [-0.4, -0.2) is 22.3 Å². The van der Waals surface area contributed by atoms with Gasteiger partial charge in [0, 0.05) is 17.6 Å². The van der Waals surface area contributed by atoms with Gasteiger partial charge in [0.15, 0.2) is 5.82 Å². The van der Waals surface area contributed by atoms with Crippen LogP contribution in [0.2, 0.25) is 0 Å². The number of hydrogen-bond acceptors (Lipinski definition) is 2. The van der Waals surface area contributed by atoms with Gasteiger partial charge in [-0.15, -0.1) is 0 Å². The highest BCUT2D eigenvalue weighted by molar-refractivity contribution is 9.09. The van der Waals surface area contributed by atoms with Crippen LogP contribution in [0.25, 0.3) is 0 Å². The Bertz CT molecular complexity index is 342. The van der Waals surface area contributed by atoms with Crippen molar-refractivity contribution >= 4 is 21.8 Å². The Kier molecular flexibility index (Phi) is 4.68. The minimum absolute atomic E-state index is 0.0186. The van der Waals surface area contributed by atoms with E-state index in [9.17, 15) is 9.18 Å². The molecule has 0 radical (unpaired) electrons. The zero-order chi connectivity index (χ0) is 11.3. The molecule has 0 aliphatic rings. The zero-order valence-corrected chi connectivity index (χ0v) is 9.92. The minimum Gasteiger partial charge on any atom is -0.348 e. The molecule has 0 aliphatic heterocycles. The van der Waals surface area contributed by atoms with Crippen molar-refractivity contribution < 1.29 is 9.18 Å². The van der Waals surface area contributed by atoms with Gasteiger partial charge in [-0.05, 0) is 12.5 Å². The molecule has 1 N–H and O–H groups in total. The lowest BCUT2D eigenvalue weighted by Crippen LogP contribution is -2.35. The first-order valence-corrected chi connectivity index (χ1v) is 5.77. The van der Waals surface area contributed by atoms with Crippen LogP contribution in [0, 0.1) is 5.82 Å². The van der Waals surface area contributed by atoms with E-state index in [2.05, 4.69) is 26.2 Å². The molecule has 5 heteroatoms. The monoisotopic (exact) mass is 274 g/mol. The smallest absolute Gasteiger partial charge is 0.254 e. The predicted octanol–water partition coefficient (Wildman–Crippen LogP) is 2.12. The topological polar surface area (TPSA) is 42.0 Å². The quantitative estimate of drug-likeness (QED) is 0.855. The Morgan fingerprint density at radius 1 is 1.73 bits per heavy atom. The molecule has 1 unspecified atom stereocenters. The number of alkyl halides is 1. The van der Waals surface area contributed by atoms with Gasteiger partial charge in [-0.2, -0.15) is 0 Å². The largest absolute Gasteiger partial charge is 0.348 e. The van der Waals surface area contributed by atoms with Crippen molar-refractivity contribution in [2.75, 3.05) is 5.33 Å². The number of rotatable bonds is 4. The van der Waals surface area contributed by atoms with Crippen LogP contribution in [0.1, 0.15) is 23.7 Å². The first-order chi connectivity index (χ1) is 7.19. The molecule has 1 aromatic rings. The molecule has 1 heterocycles. The molecule has 0 saturated carbocycles. The number of hydrogen-bond donors (Lipinski definition) is 1. The highest BCUT2D eigenvalue weighted by atomic mass is 79.9. The number of nitrogens with one attached hydrogen (secondary N) is 1. The van der Waals surface area contributed by atoms with Gasteiger partial charge in [-0.25, -0.2) is 4.39 Å². The summed E-state index contributed by atoms with van der Waals surface area (Å²) in [5, 5.41) is 3.37. The maximum atomic E-state index is 13.2. The van der Waals surface area contributed by atoms with Gasteiger partial charge in [-0.1, -0.05) is 22.9 Å². The van der Waals surface area contributed by atoms with Gasteiger partial charge >= 0.3 is 0 Å². The highest BCUT2D eigenvalue weighted by Crippen LogP contribution is 2.05. The summed E-state index contributed by atoms with van der Waals surface area (Å²) < 4.78 is 13.2. The van der Waals surface area contributed by atoms with E-state index >= 15 is 0 Å². The van der Waals surface area contributed by atoms with Gasteiger partial charge < -0.3 is 5.32 Å². The van der Waals surface area contributed by atoms with E-state index in [1.165, 1.54) is 12.3 Å². The molecular formula is C10H12BrFN2O. The summed E-state index contributed by atoms with van der Waals surface area (Å²) in [6.07, 6.45) is 3.22. The molecule has 15 heavy (non-hydrogen) atoms. The third kappa shape index (κ3) is 3.27. The predicted molar refractivity (Wildman–Crippen MR) is 59.5 cm³/mol. The third-order valence-corrected chi connectivity index (χ3v) is 2.81. The van der Waals surface area contributed by atoms with Gasteiger partial charge in [0.2, 0.25) is 0 Å². The zero-order valence-electron chi connectivity index (χ0n) is 8.34. The van der Waals surface area contributed by atoms with Crippen LogP contribution >= 0.6 is 15.9 Å². The lowest BCUT2D eigenvalue weighted by atomic mass is 10.2. The van der Waals surface area contributed by atoms with Crippen LogP contribution in [0.15, 0.2) is 18.5 Å². The number of carbonyl (C=O) groups excluding carboxylic acids is 1. The van der Waals surface area contributed by atoms with Crippen LogP contribution < -0.4 is 5.32 Å². The molecule has 1 atom stereocenters. The summed E-state index contributed by atoms with van der Waals surface area (Å²) in [6.45, 7) is 1.95. The average molecular weight is 275 g/mol. The van der Waals surface area contributed by atoms with Crippen molar-refractivity contribution in [2.24, 2.45) is 0 Å². The lowest BCUT2D eigenvalue weighted by molar-refractivity contribution is 0.0936. The molecule has 82 valence electrons. The number of pyridine rings is 1. The first-order valence-electron chi connectivity index (χ1n) is 4.65. The van der Waals surface area contributed by atoms with Crippen LogP contribution in [0.4, 0.5) is 4.39 Å². The Morgan fingerprint density at radius 2 is 2.47 bits per heavy atom. The van der Waals surface area contributed by atoms with Gasteiger partial charge in [0.05, 0.1) is 11.8 Å². The molecule has 0 bridgehead atoms. The molecule has 3 nitrogen and oxygen atoms in total. The number of amides is 1. The van der Waals surface area contributed by atoms with Gasteiger partial charge in [0.1, 0.15) is 0 Å². The van der Waals surface area contributed by atoms with Crippen LogP contribution in [0.5, 0.6) is 0 Å². The summed E-state index contributed by atoms with van der Waals surface area (Å²) >= 11 is 3.27. The molecule has 0 fully saturated rings. The van der Waals surface area contributed by atoms with Crippen molar-refractivity contribution in [3.8, 4) is 0 Å².